The van der Waals surface area contributed by atoms with E-state index in [1.807, 2.05) is 19.9 Å². The molecule has 0 aliphatic carbocycles. The molecule has 3 aromatic rings. The molecule has 0 saturated carbocycles. The molecule has 0 N–H and O–H groups in total. The minimum absolute atomic E-state index is 0.236. The molecule has 0 atom stereocenters. The third-order valence-corrected chi connectivity index (χ3v) is 5.79. The van der Waals surface area contributed by atoms with E-state index < -0.39 is 0 Å². The van der Waals surface area contributed by atoms with Gasteiger partial charge in [-0.25, -0.2) is 14.2 Å². The van der Waals surface area contributed by atoms with Gasteiger partial charge in [0.05, 0.1) is 23.2 Å². The van der Waals surface area contributed by atoms with Gasteiger partial charge in [0, 0.05) is 25.5 Å². The highest BCUT2D eigenvalue weighted by Crippen LogP contribution is 2.29. The van der Waals surface area contributed by atoms with Crippen LogP contribution < -0.4 is 0 Å². The van der Waals surface area contributed by atoms with Crippen molar-refractivity contribution >= 4 is 28.8 Å². The molecule has 0 unspecified atom stereocenters. The van der Waals surface area contributed by atoms with Gasteiger partial charge in [0.15, 0.2) is 5.16 Å². The number of ether oxygens (including phenoxy) is 2. The number of aromatic nitrogens is 2. The van der Waals surface area contributed by atoms with Gasteiger partial charge in [-0.1, -0.05) is 17.8 Å². The Bertz CT molecular complexity index is 1020. The first-order valence-electron chi connectivity index (χ1n) is 10.2. The fourth-order valence-corrected chi connectivity index (χ4v) is 4.29. The molecule has 3 rings (SSSR count). The first-order chi connectivity index (χ1) is 14.5. The summed E-state index contributed by atoms with van der Waals surface area (Å²) in [6, 6.07) is 10.3. The lowest BCUT2D eigenvalue weighted by Gasteiger charge is -2.10. The van der Waals surface area contributed by atoms with E-state index in [2.05, 4.69) is 4.57 Å². The third-order valence-electron chi connectivity index (χ3n) is 4.77. The quantitative estimate of drug-likeness (QED) is 0.246. The first kappa shape index (κ1) is 22.3. The zero-order valence-corrected chi connectivity index (χ0v) is 18.4. The predicted octanol–water partition coefficient (Wildman–Crippen LogP) is 5.38. The van der Waals surface area contributed by atoms with E-state index in [0.717, 1.165) is 40.3 Å². The summed E-state index contributed by atoms with van der Waals surface area (Å²) >= 11 is 1.57. The van der Waals surface area contributed by atoms with Crippen molar-refractivity contribution in [2.45, 2.75) is 44.6 Å². The Morgan fingerprint density at radius 3 is 2.77 bits per heavy atom. The summed E-state index contributed by atoms with van der Waals surface area (Å²) in [7, 11) is 0. The molecule has 5 nitrogen and oxygen atoms in total. The zero-order chi connectivity index (χ0) is 21.5. The minimum atomic E-state index is -0.352. The molecule has 0 saturated heterocycles. The monoisotopic (exact) mass is 430 g/mol. The zero-order valence-electron chi connectivity index (χ0n) is 17.6. The number of halogens is 1. The van der Waals surface area contributed by atoms with Crippen LogP contribution in [0.3, 0.4) is 0 Å². The Balaban J connectivity index is 1.89. The van der Waals surface area contributed by atoms with Crippen LogP contribution in [0.5, 0.6) is 0 Å². The van der Waals surface area contributed by atoms with Crippen LogP contribution in [0.2, 0.25) is 0 Å². The summed E-state index contributed by atoms with van der Waals surface area (Å²) in [4.78, 5) is 16.9. The lowest BCUT2D eigenvalue weighted by Crippen LogP contribution is -2.05. The maximum absolute atomic E-state index is 13.7. The van der Waals surface area contributed by atoms with Crippen LogP contribution in [0, 0.1) is 12.7 Å². The van der Waals surface area contributed by atoms with Crippen LogP contribution in [-0.4, -0.2) is 35.3 Å². The highest BCUT2D eigenvalue weighted by Gasteiger charge is 2.15. The summed E-state index contributed by atoms with van der Waals surface area (Å²) in [5.41, 5.74) is 4.18. The van der Waals surface area contributed by atoms with E-state index in [-0.39, 0.29) is 11.8 Å². The van der Waals surface area contributed by atoms with Crippen molar-refractivity contribution in [3.05, 3.63) is 58.9 Å². The van der Waals surface area contributed by atoms with Gasteiger partial charge >= 0.3 is 5.97 Å². The number of esters is 1. The minimum Gasteiger partial charge on any atom is -0.462 e. The van der Waals surface area contributed by atoms with Crippen molar-refractivity contribution in [2.75, 3.05) is 19.8 Å². The number of nitrogens with zero attached hydrogens (tertiary/aromatic N) is 2. The number of hydrogen-bond acceptors (Lipinski definition) is 5. The lowest BCUT2D eigenvalue weighted by molar-refractivity contribution is 0.0526. The second kappa shape index (κ2) is 10.6. The van der Waals surface area contributed by atoms with Crippen molar-refractivity contribution in [1.82, 2.24) is 9.55 Å². The molecule has 0 aliphatic rings. The van der Waals surface area contributed by atoms with Crippen molar-refractivity contribution in [3.63, 3.8) is 0 Å². The predicted molar refractivity (Wildman–Crippen MR) is 117 cm³/mol. The molecular weight excluding hydrogens is 403 g/mol. The molecule has 0 bridgehead atoms. The standard InChI is InChI=1S/C23H27FN2O3S/c1-4-28-12-6-11-26-21-10-8-17(22(27)29-5-2)14-20(21)25-23(26)30-15-18-13-19(24)9-7-16(18)3/h7-10,13-14H,4-6,11-12,15H2,1-3H3. The maximum atomic E-state index is 13.7. The Kier molecular flexibility index (Phi) is 7.87. The Hall–Kier alpha value is -2.38. The van der Waals surface area contributed by atoms with E-state index in [0.29, 0.717) is 31.1 Å². The van der Waals surface area contributed by atoms with E-state index in [9.17, 15) is 9.18 Å². The molecule has 1 heterocycles. The number of rotatable bonds is 10. The number of aryl methyl sites for hydroxylation is 2. The second-order valence-electron chi connectivity index (χ2n) is 6.88. The molecule has 30 heavy (non-hydrogen) atoms. The Morgan fingerprint density at radius 1 is 1.17 bits per heavy atom. The highest BCUT2D eigenvalue weighted by atomic mass is 32.2. The maximum Gasteiger partial charge on any atom is 0.338 e. The molecule has 1 aromatic heterocycles. The molecule has 0 amide bonds. The molecule has 2 aromatic carbocycles. The van der Waals surface area contributed by atoms with Crippen LogP contribution >= 0.6 is 11.8 Å². The Labute approximate surface area is 180 Å². The summed E-state index contributed by atoms with van der Waals surface area (Å²) < 4.78 is 26.4. The van der Waals surface area contributed by atoms with E-state index >= 15 is 0 Å². The number of carbonyl (C=O) groups excluding carboxylic acids is 1. The van der Waals surface area contributed by atoms with Crippen LogP contribution in [0.1, 0.15) is 41.8 Å². The smallest absolute Gasteiger partial charge is 0.338 e. The Morgan fingerprint density at radius 2 is 2.00 bits per heavy atom. The highest BCUT2D eigenvalue weighted by molar-refractivity contribution is 7.98. The topological polar surface area (TPSA) is 53.4 Å². The van der Waals surface area contributed by atoms with Crippen LogP contribution in [0.15, 0.2) is 41.6 Å². The van der Waals surface area contributed by atoms with Gasteiger partial charge in [-0.15, -0.1) is 0 Å². The van der Waals surface area contributed by atoms with Gasteiger partial charge in [0.1, 0.15) is 5.82 Å². The van der Waals surface area contributed by atoms with E-state index in [1.54, 1.807) is 43.0 Å². The summed E-state index contributed by atoms with van der Waals surface area (Å²) in [6.45, 7) is 8.18. The average Bonchev–Trinajstić information content (AvgIpc) is 3.08. The van der Waals surface area contributed by atoms with Crippen LogP contribution in [0.25, 0.3) is 11.0 Å². The number of thioether (sulfide) groups is 1. The average molecular weight is 431 g/mol. The number of hydrogen-bond donors (Lipinski definition) is 0. The van der Waals surface area contributed by atoms with E-state index in [1.165, 1.54) is 6.07 Å². The molecule has 0 aliphatic heterocycles. The summed E-state index contributed by atoms with van der Waals surface area (Å²) in [5, 5.41) is 0.839. The third kappa shape index (κ3) is 5.40. The van der Waals surface area contributed by atoms with Crippen molar-refractivity contribution in [3.8, 4) is 0 Å². The molecule has 0 fully saturated rings. The van der Waals surface area contributed by atoms with Gasteiger partial charge in [-0.3, -0.25) is 0 Å². The van der Waals surface area contributed by atoms with Crippen molar-refractivity contribution in [1.29, 1.82) is 0 Å². The van der Waals surface area contributed by atoms with E-state index in [4.69, 9.17) is 14.5 Å². The largest absolute Gasteiger partial charge is 0.462 e. The normalized spacial score (nSPS) is 11.2. The molecule has 0 spiro atoms. The van der Waals surface area contributed by atoms with Gasteiger partial charge in [0.25, 0.3) is 0 Å². The SMILES string of the molecule is CCOCCCn1c(SCc2cc(F)ccc2C)nc2cc(C(=O)OCC)ccc21. The van der Waals surface area contributed by atoms with Crippen molar-refractivity contribution < 1.29 is 18.7 Å². The van der Waals surface area contributed by atoms with Gasteiger partial charge in [0.2, 0.25) is 0 Å². The number of benzene rings is 2. The van der Waals surface area contributed by atoms with Gasteiger partial charge < -0.3 is 14.0 Å². The van der Waals surface area contributed by atoms with Gasteiger partial charge in [-0.2, -0.15) is 0 Å². The number of fused-ring (bicyclic) bond motifs is 1. The fraction of sp³-hybridized carbons (Fsp3) is 0.391. The first-order valence-corrected chi connectivity index (χ1v) is 11.1. The summed E-state index contributed by atoms with van der Waals surface area (Å²) in [6.07, 6.45) is 0.853. The molecular formula is C23H27FN2O3S. The van der Waals surface area contributed by atoms with Crippen LogP contribution in [0.4, 0.5) is 4.39 Å². The number of imidazole rings is 1. The molecule has 160 valence electrons. The fourth-order valence-electron chi connectivity index (χ4n) is 3.18. The lowest BCUT2D eigenvalue weighted by atomic mass is 10.1. The van der Waals surface area contributed by atoms with Crippen LogP contribution in [-0.2, 0) is 21.8 Å². The molecule has 0 radical (unpaired) electrons. The number of carbonyl (C=O) groups is 1. The summed E-state index contributed by atoms with van der Waals surface area (Å²) in [5.74, 6) is 0.0266. The second-order valence-corrected chi connectivity index (χ2v) is 7.82. The van der Waals surface area contributed by atoms with Gasteiger partial charge in [-0.05, 0) is 68.7 Å². The molecule has 7 heteroatoms. The van der Waals surface area contributed by atoms with Crippen molar-refractivity contribution in [2.24, 2.45) is 0 Å².